The number of ether oxygens (including phenoxy) is 1. The Morgan fingerprint density at radius 1 is 1.42 bits per heavy atom. The van der Waals surface area contributed by atoms with Crippen molar-refractivity contribution in [1.82, 2.24) is 14.5 Å². The molecule has 2 aliphatic rings. The molecule has 6 nitrogen and oxygen atoms in total. The molecular weight excluding hydrogens is 327 g/mol. The van der Waals surface area contributed by atoms with Gasteiger partial charge in [0.15, 0.2) is 0 Å². The Balaban J connectivity index is 0.000000256. The van der Waals surface area contributed by atoms with Crippen LogP contribution in [0, 0.1) is 0 Å². The van der Waals surface area contributed by atoms with E-state index < -0.39 is 12.1 Å². The number of rotatable bonds is 3. The van der Waals surface area contributed by atoms with E-state index in [0.717, 1.165) is 19.1 Å². The first-order chi connectivity index (χ1) is 11.3. The van der Waals surface area contributed by atoms with E-state index in [1.54, 1.807) is 7.11 Å². The maximum absolute atomic E-state index is 10.6. The molecule has 1 N–H and O–H groups in total. The Hall–Kier alpha value is -1.61. The van der Waals surface area contributed by atoms with Crippen molar-refractivity contribution in [2.75, 3.05) is 13.7 Å². The first kappa shape index (κ1) is 18.7. The summed E-state index contributed by atoms with van der Waals surface area (Å²) in [6.45, 7) is 5.18. The molecule has 1 aliphatic heterocycles. The molecule has 1 fully saturated rings. The van der Waals surface area contributed by atoms with Gasteiger partial charge in [0.1, 0.15) is 5.82 Å². The van der Waals surface area contributed by atoms with Gasteiger partial charge in [0.05, 0.1) is 24.5 Å². The van der Waals surface area contributed by atoms with Gasteiger partial charge in [-0.3, -0.25) is 4.90 Å². The second-order valence-electron chi connectivity index (χ2n) is 5.99. The highest BCUT2D eigenvalue weighted by Crippen LogP contribution is 2.34. The third-order valence-corrected chi connectivity index (χ3v) is 4.50. The number of carboxylic acids is 1. The molecule has 1 aromatic heterocycles. The number of hydrogen-bond acceptors (Lipinski definition) is 4. The average Bonchev–Trinajstić information content (AvgIpc) is 2.84. The minimum atomic E-state index is -5.08. The van der Waals surface area contributed by atoms with Crippen molar-refractivity contribution in [3.63, 3.8) is 0 Å². The third kappa shape index (κ3) is 4.07. The van der Waals surface area contributed by atoms with Crippen LogP contribution in [0.3, 0.4) is 0 Å². The van der Waals surface area contributed by atoms with Gasteiger partial charge in [0.25, 0.3) is 0 Å². The van der Waals surface area contributed by atoms with E-state index in [1.165, 1.54) is 30.8 Å². The summed E-state index contributed by atoms with van der Waals surface area (Å²) in [6.07, 6.45) is 1.03. The molecule has 0 amide bonds. The highest BCUT2D eigenvalue weighted by molar-refractivity contribution is 5.73. The zero-order valence-corrected chi connectivity index (χ0v) is 13.7. The molecule has 1 saturated carbocycles. The standard InChI is InChI=1S/C13H21N3O.C2HF3O2/c1-10-13-14-8-12(9-17-2)16(13)7-6-15(10)11-4-3-5-11;3-2(4,5)1(6)7/h8,10-11H,3-7,9H2,1-2H3;(H,6,7). The van der Waals surface area contributed by atoms with Crippen molar-refractivity contribution in [3.05, 3.63) is 17.7 Å². The van der Waals surface area contributed by atoms with Gasteiger partial charge in [-0.15, -0.1) is 0 Å². The SMILES string of the molecule is COCc1cnc2n1CCN(C1CCC1)C2C.O=C(O)C(F)(F)F. The minimum absolute atomic E-state index is 0.458. The van der Waals surface area contributed by atoms with Crippen LogP contribution < -0.4 is 0 Å². The van der Waals surface area contributed by atoms with E-state index >= 15 is 0 Å². The second-order valence-corrected chi connectivity index (χ2v) is 5.99. The fourth-order valence-electron chi connectivity index (χ4n) is 3.06. The number of fused-ring (bicyclic) bond motifs is 1. The average molecular weight is 349 g/mol. The summed E-state index contributed by atoms with van der Waals surface area (Å²) in [4.78, 5) is 16.1. The van der Waals surface area contributed by atoms with Crippen LogP contribution in [0.5, 0.6) is 0 Å². The van der Waals surface area contributed by atoms with Crippen molar-refractivity contribution in [2.45, 2.75) is 57.6 Å². The molecule has 2 heterocycles. The maximum Gasteiger partial charge on any atom is 0.490 e. The predicted octanol–water partition coefficient (Wildman–Crippen LogP) is 2.59. The summed E-state index contributed by atoms with van der Waals surface area (Å²) in [5, 5.41) is 7.12. The number of nitrogens with zero attached hydrogens (tertiary/aromatic N) is 3. The van der Waals surface area contributed by atoms with Crippen LogP contribution in [-0.4, -0.2) is 51.4 Å². The lowest BCUT2D eigenvalue weighted by atomic mass is 9.90. The van der Waals surface area contributed by atoms with Gasteiger partial charge in [-0.25, -0.2) is 9.78 Å². The van der Waals surface area contributed by atoms with Crippen LogP contribution in [0.2, 0.25) is 0 Å². The first-order valence-electron chi connectivity index (χ1n) is 7.84. The molecule has 9 heteroatoms. The summed E-state index contributed by atoms with van der Waals surface area (Å²) in [6, 6.07) is 1.26. The number of methoxy groups -OCH3 is 1. The fraction of sp³-hybridized carbons (Fsp3) is 0.733. The van der Waals surface area contributed by atoms with Gasteiger partial charge < -0.3 is 14.4 Å². The van der Waals surface area contributed by atoms with Crippen LogP contribution in [-0.2, 0) is 22.7 Å². The van der Waals surface area contributed by atoms with Crippen LogP contribution in [0.1, 0.15) is 43.7 Å². The molecule has 0 radical (unpaired) electrons. The van der Waals surface area contributed by atoms with Crippen molar-refractivity contribution in [3.8, 4) is 0 Å². The topological polar surface area (TPSA) is 67.6 Å². The molecule has 24 heavy (non-hydrogen) atoms. The molecule has 1 atom stereocenters. The van der Waals surface area contributed by atoms with Gasteiger partial charge in [-0.1, -0.05) is 6.42 Å². The van der Waals surface area contributed by atoms with Gasteiger partial charge >= 0.3 is 12.1 Å². The second kappa shape index (κ2) is 7.52. The molecule has 0 saturated heterocycles. The fourth-order valence-corrected chi connectivity index (χ4v) is 3.06. The lowest BCUT2D eigenvalue weighted by molar-refractivity contribution is -0.192. The third-order valence-electron chi connectivity index (χ3n) is 4.50. The van der Waals surface area contributed by atoms with Crippen LogP contribution in [0.25, 0.3) is 0 Å². The number of aliphatic carboxylic acids is 1. The number of carboxylic acid groups (broad SMARTS) is 1. The molecule has 3 rings (SSSR count). The maximum atomic E-state index is 10.6. The normalized spacial score (nSPS) is 21.5. The quantitative estimate of drug-likeness (QED) is 0.908. The van der Waals surface area contributed by atoms with Crippen molar-refractivity contribution < 1.29 is 27.8 Å². The predicted molar refractivity (Wildman–Crippen MR) is 79.4 cm³/mol. The number of alkyl halides is 3. The summed E-state index contributed by atoms with van der Waals surface area (Å²) in [5.74, 6) is -1.54. The zero-order valence-electron chi connectivity index (χ0n) is 13.7. The van der Waals surface area contributed by atoms with Gasteiger partial charge in [-0.05, 0) is 19.8 Å². The van der Waals surface area contributed by atoms with Crippen molar-refractivity contribution in [2.24, 2.45) is 0 Å². The molecule has 0 aromatic carbocycles. The van der Waals surface area contributed by atoms with Crippen LogP contribution >= 0.6 is 0 Å². The van der Waals surface area contributed by atoms with Gasteiger partial charge in [0, 0.05) is 26.2 Å². The van der Waals surface area contributed by atoms with Gasteiger partial charge in [0.2, 0.25) is 0 Å². The highest BCUT2D eigenvalue weighted by Gasteiger charge is 2.38. The molecule has 1 unspecified atom stereocenters. The summed E-state index contributed by atoms with van der Waals surface area (Å²) >= 11 is 0. The Morgan fingerprint density at radius 2 is 2.04 bits per heavy atom. The van der Waals surface area contributed by atoms with Crippen LogP contribution in [0.15, 0.2) is 6.20 Å². The van der Waals surface area contributed by atoms with Crippen molar-refractivity contribution in [1.29, 1.82) is 0 Å². The molecule has 0 spiro atoms. The Bertz CT molecular complexity index is 570. The highest BCUT2D eigenvalue weighted by atomic mass is 19.4. The number of aromatic nitrogens is 2. The van der Waals surface area contributed by atoms with E-state index in [9.17, 15) is 13.2 Å². The molecule has 136 valence electrons. The Morgan fingerprint density at radius 3 is 2.50 bits per heavy atom. The first-order valence-corrected chi connectivity index (χ1v) is 7.84. The molecular formula is C15H22F3N3O3. The summed E-state index contributed by atoms with van der Waals surface area (Å²) in [5.41, 5.74) is 1.21. The molecule has 0 bridgehead atoms. The molecule has 1 aliphatic carbocycles. The van der Waals surface area contributed by atoms with E-state index in [0.29, 0.717) is 12.6 Å². The Labute approximate surface area is 138 Å². The van der Waals surface area contributed by atoms with E-state index in [4.69, 9.17) is 14.6 Å². The number of imidazole rings is 1. The summed E-state index contributed by atoms with van der Waals surface area (Å²) < 4.78 is 39.3. The van der Waals surface area contributed by atoms with Gasteiger partial charge in [-0.2, -0.15) is 13.2 Å². The van der Waals surface area contributed by atoms with E-state index in [2.05, 4.69) is 21.4 Å². The number of carbonyl (C=O) groups is 1. The summed E-state index contributed by atoms with van der Waals surface area (Å²) in [7, 11) is 1.74. The smallest absolute Gasteiger partial charge is 0.475 e. The van der Waals surface area contributed by atoms with Crippen molar-refractivity contribution >= 4 is 5.97 Å². The lowest BCUT2D eigenvalue weighted by Crippen LogP contribution is -2.46. The van der Waals surface area contributed by atoms with E-state index in [-0.39, 0.29) is 0 Å². The lowest BCUT2D eigenvalue weighted by Gasteiger charge is -2.43. The monoisotopic (exact) mass is 349 g/mol. The zero-order chi connectivity index (χ0) is 17.9. The largest absolute Gasteiger partial charge is 0.490 e. The number of hydrogen-bond donors (Lipinski definition) is 1. The van der Waals surface area contributed by atoms with E-state index in [1.807, 2.05) is 6.20 Å². The molecule has 1 aromatic rings. The number of halogens is 3. The van der Waals surface area contributed by atoms with Crippen LogP contribution in [0.4, 0.5) is 13.2 Å². The Kier molecular flexibility index (Phi) is 5.87. The minimum Gasteiger partial charge on any atom is -0.475 e.